The van der Waals surface area contributed by atoms with Crippen molar-refractivity contribution in [1.29, 1.82) is 0 Å². The number of aromatic carboxylic acids is 1. The van der Waals surface area contributed by atoms with Gasteiger partial charge in [0.15, 0.2) is 0 Å². The number of aliphatic hydroxyl groups is 1. The molecule has 0 bridgehead atoms. The Morgan fingerprint density at radius 3 is 2.67 bits per heavy atom. The van der Waals surface area contributed by atoms with Gasteiger partial charge in [-0.15, -0.1) is 11.3 Å². The van der Waals surface area contributed by atoms with E-state index >= 15 is 0 Å². The minimum atomic E-state index is -3.69. The third-order valence-electron chi connectivity index (χ3n) is 2.83. The molecular weight excluding hydrogens is 278 g/mol. The zero-order valence-electron chi connectivity index (χ0n) is 9.66. The van der Waals surface area contributed by atoms with Crippen molar-refractivity contribution in [2.24, 2.45) is 0 Å². The van der Waals surface area contributed by atoms with Crippen molar-refractivity contribution in [3.63, 3.8) is 0 Å². The highest BCUT2D eigenvalue weighted by molar-refractivity contribution is 7.89. The van der Waals surface area contributed by atoms with Crippen molar-refractivity contribution in [1.82, 2.24) is 4.31 Å². The van der Waals surface area contributed by atoms with E-state index in [9.17, 15) is 18.3 Å². The highest BCUT2D eigenvalue weighted by Crippen LogP contribution is 2.29. The number of aryl methyl sites for hydroxylation is 1. The van der Waals surface area contributed by atoms with Crippen LogP contribution in [0.25, 0.3) is 0 Å². The SMILES string of the molecule is Cc1sc(C(=O)O)cc1S(=O)(=O)N1CC[C@@H](O)C1. The van der Waals surface area contributed by atoms with Crippen LogP contribution in [0.3, 0.4) is 0 Å². The molecule has 6 nitrogen and oxygen atoms in total. The predicted molar refractivity (Wildman–Crippen MR) is 65.4 cm³/mol. The molecule has 2 rings (SSSR count). The van der Waals surface area contributed by atoms with E-state index in [-0.39, 0.29) is 22.9 Å². The molecule has 1 saturated heterocycles. The molecule has 0 aliphatic carbocycles. The number of aliphatic hydroxyl groups excluding tert-OH is 1. The first-order valence-electron chi connectivity index (χ1n) is 5.34. The number of sulfonamides is 1. The molecule has 1 aliphatic rings. The molecule has 18 heavy (non-hydrogen) atoms. The Hall–Kier alpha value is -0.960. The van der Waals surface area contributed by atoms with Crippen molar-refractivity contribution < 1.29 is 23.4 Å². The Morgan fingerprint density at radius 1 is 1.56 bits per heavy atom. The standard InChI is InChI=1S/C10H13NO5S2/c1-6-9(4-8(17-6)10(13)14)18(15,16)11-3-2-7(12)5-11/h4,7,12H,2-3,5H2,1H3,(H,13,14)/t7-/m1/s1. The van der Waals surface area contributed by atoms with Gasteiger partial charge < -0.3 is 10.2 Å². The molecule has 1 atom stereocenters. The van der Waals surface area contributed by atoms with E-state index in [1.54, 1.807) is 6.92 Å². The second-order valence-corrected chi connectivity index (χ2v) is 7.30. The molecule has 0 amide bonds. The van der Waals surface area contributed by atoms with E-state index in [1.165, 1.54) is 10.4 Å². The zero-order chi connectivity index (χ0) is 13.5. The normalized spacial score (nSPS) is 21.3. The van der Waals surface area contributed by atoms with Crippen LogP contribution in [0.4, 0.5) is 0 Å². The molecule has 0 radical (unpaired) electrons. The molecule has 8 heteroatoms. The van der Waals surface area contributed by atoms with Gasteiger partial charge >= 0.3 is 5.97 Å². The van der Waals surface area contributed by atoms with Crippen LogP contribution in [-0.4, -0.2) is 48.1 Å². The zero-order valence-corrected chi connectivity index (χ0v) is 11.3. The van der Waals surface area contributed by atoms with Gasteiger partial charge in [-0.1, -0.05) is 0 Å². The van der Waals surface area contributed by atoms with Crippen LogP contribution in [0.2, 0.25) is 0 Å². The minimum Gasteiger partial charge on any atom is -0.477 e. The number of hydrogen-bond acceptors (Lipinski definition) is 5. The topological polar surface area (TPSA) is 94.9 Å². The predicted octanol–water partition coefficient (Wildman–Crippen LogP) is 0.510. The quantitative estimate of drug-likeness (QED) is 0.846. The summed E-state index contributed by atoms with van der Waals surface area (Å²) in [5, 5.41) is 18.2. The van der Waals surface area contributed by atoms with Gasteiger partial charge in [0, 0.05) is 18.0 Å². The number of carboxylic acids is 1. The average Bonchev–Trinajstić information content (AvgIpc) is 2.85. The molecule has 1 aromatic heterocycles. The number of carboxylic acid groups (broad SMARTS) is 1. The van der Waals surface area contributed by atoms with Gasteiger partial charge in [-0.2, -0.15) is 4.31 Å². The Kier molecular flexibility index (Phi) is 3.45. The van der Waals surface area contributed by atoms with Gasteiger partial charge in [0.05, 0.1) is 11.0 Å². The lowest BCUT2D eigenvalue weighted by molar-refractivity contribution is 0.0702. The largest absolute Gasteiger partial charge is 0.477 e. The van der Waals surface area contributed by atoms with Crippen molar-refractivity contribution in [2.75, 3.05) is 13.1 Å². The summed E-state index contributed by atoms with van der Waals surface area (Å²) in [6, 6.07) is 1.18. The molecule has 100 valence electrons. The van der Waals surface area contributed by atoms with Crippen LogP contribution in [0.15, 0.2) is 11.0 Å². The first-order valence-corrected chi connectivity index (χ1v) is 7.60. The summed E-state index contributed by atoms with van der Waals surface area (Å²) >= 11 is 0.941. The third-order valence-corrected chi connectivity index (χ3v) is 5.99. The van der Waals surface area contributed by atoms with E-state index in [0.29, 0.717) is 11.3 Å². The molecule has 0 aromatic carbocycles. The monoisotopic (exact) mass is 291 g/mol. The number of thiophene rings is 1. The summed E-state index contributed by atoms with van der Waals surface area (Å²) in [5.74, 6) is -1.13. The van der Waals surface area contributed by atoms with Crippen LogP contribution in [0.1, 0.15) is 21.0 Å². The van der Waals surface area contributed by atoms with Crippen molar-refractivity contribution in [3.8, 4) is 0 Å². The maximum atomic E-state index is 12.3. The molecule has 0 unspecified atom stereocenters. The molecule has 1 aliphatic heterocycles. The fourth-order valence-corrected chi connectivity index (χ4v) is 4.79. The Morgan fingerprint density at radius 2 is 2.22 bits per heavy atom. The Balaban J connectivity index is 2.38. The van der Waals surface area contributed by atoms with Crippen LogP contribution < -0.4 is 0 Å². The molecular formula is C10H13NO5S2. The van der Waals surface area contributed by atoms with Gasteiger partial charge in [0.1, 0.15) is 4.88 Å². The fourth-order valence-electron chi connectivity index (χ4n) is 1.89. The second-order valence-electron chi connectivity index (χ2n) is 4.14. The first kappa shape index (κ1) is 13.5. The van der Waals surface area contributed by atoms with E-state index in [0.717, 1.165) is 11.3 Å². The van der Waals surface area contributed by atoms with E-state index in [2.05, 4.69) is 0 Å². The molecule has 1 fully saturated rings. The van der Waals surface area contributed by atoms with E-state index in [4.69, 9.17) is 5.11 Å². The first-order chi connectivity index (χ1) is 8.32. The third kappa shape index (κ3) is 2.28. The molecule has 0 spiro atoms. The van der Waals surface area contributed by atoms with Crippen LogP contribution >= 0.6 is 11.3 Å². The summed E-state index contributed by atoms with van der Waals surface area (Å²) < 4.78 is 25.7. The van der Waals surface area contributed by atoms with Crippen molar-refractivity contribution >= 4 is 27.3 Å². The lowest BCUT2D eigenvalue weighted by Gasteiger charge is -2.15. The van der Waals surface area contributed by atoms with E-state index < -0.39 is 22.1 Å². The van der Waals surface area contributed by atoms with Crippen LogP contribution in [-0.2, 0) is 10.0 Å². The minimum absolute atomic E-state index is 0.00539. The number of hydrogen-bond donors (Lipinski definition) is 2. The fraction of sp³-hybridized carbons (Fsp3) is 0.500. The Bertz CT molecular complexity index is 577. The lowest BCUT2D eigenvalue weighted by Crippen LogP contribution is -2.29. The molecule has 1 aromatic rings. The van der Waals surface area contributed by atoms with Crippen molar-refractivity contribution in [2.45, 2.75) is 24.3 Å². The van der Waals surface area contributed by atoms with Gasteiger partial charge in [0.2, 0.25) is 10.0 Å². The highest BCUT2D eigenvalue weighted by atomic mass is 32.2. The summed E-state index contributed by atoms with van der Waals surface area (Å²) in [7, 11) is -3.69. The summed E-state index contributed by atoms with van der Waals surface area (Å²) in [6.45, 7) is 1.91. The molecule has 0 saturated carbocycles. The summed E-state index contributed by atoms with van der Waals surface area (Å²) in [5.41, 5.74) is 0. The summed E-state index contributed by atoms with van der Waals surface area (Å²) in [4.78, 5) is 11.3. The van der Waals surface area contributed by atoms with Gasteiger partial charge in [0.25, 0.3) is 0 Å². The average molecular weight is 291 g/mol. The Labute approximate surface area is 109 Å². The number of β-amino-alcohol motifs (C(OH)–C–C–N with tert-alkyl or cyclic N) is 1. The lowest BCUT2D eigenvalue weighted by atomic mass is 10.3. The second kappa shape index (κ2) is 4.61. The highest BCUT2D eigenvalue weighted by Gasteiger charge is 2.33. The maximum Gasteiger partial charge on any atom is 0.345 e. The van der Waals surface area contributed by atoms with Gasteiger partial charge in [-0.25, -0.2) is 13.2 Å². The smallest absolute Gasteiger partial charge is 0.345 e. The summed E-state index contributed by atoms with van der Waals surface area (Å²) in [6.07, 6.45) is -0.230. The van der Waals surface area contributed by atoms with Gasteiger partial charge in [-0.05, 0) is 19.4 Å². The molecule has 2 N–H and O–H groups in total. The number of nitrogens with zero attached hydrogens (tertiary/aromatic N) is 1. The number of carbonyl (C=O) groups is 1. The van der Waals surface area contributed by atoms with E-state index in [1.807, 2.05) is 0 Å². The molecule has 2 heterocycles. The van der Waals surface area contributed by atoms with Gasteiger partial charge in [-0.3, -0.25) is 0 Å². The van der Waals surface area contributed by atoms with Crippen molar-refractivity contribution in [3.05, 3.63) is 15.8 Å². The maximum absolute atomic E-state index is 12.3. The van der Waals surface area contributed by atoms with Crippen LogP contribution in [0, 0.1) is 6.92 Å². The van der Waals surface area contributed by atoms with Crippen LogP contribution in [0.5, 0.6) is 0 Å². The number of rotatable bonds is 3.